The van der Waals surface area contributed by atoms with Crippen molar-refractivity contribution in [3.8, 4) is 0 Å². The molecule has 2 aromatic heterocycles. The van der Waals surface area contributed by atoms with Crippen molar-refractivity contribution in [1.29, 1.82) is 0 Å². The van der Waals surface area contributed by atoms with Crippen LogP contribution in [0.1, 0.15) is 35.8 Å². The van der Waals surface area contributed by atoms with Crippen LogP contribution in [-0.2, 0) is 0 Å². The first-order valence-electron chi connectivity index (χ1n) is 6.47. The topological polar surface area (TPSA) is 46.4 Å². The second-order valence-corrected chi connectivity index (χ2v) is 5.77. The zero-order valence-electron chi connectivity index (χ0n) is 11.3. The van der Waals surface area contributed by atoms with E-state index in [-0.39, 0.29) is 5.91 Å². The van der Waals surface area contributed by atoms with Gasteiger partial charge in [0.05, 0.1) is 0 Å². The quantitative estimate of drug-likeness (QED) is 0.796. The maximum absolute atomic E-state index is 12.3. The summed E-state index contributed by atoms with van der Waals surface area (Å²) in [4.78, 5) is 17.2. The summed E-state index contributed by atoms with van der Waals surface area (Å²) in [5, 5.41) is 4.73. The van der Waals surface area contributed by atoms with E-state index in [9.17, 15) is 4.79 Å². The average molecular weight is 285 g/mol. The zero-order valence-corrected chi connectivity index (χ0v) is 12.1. The lowest BCUT2D eigenvalue weighted by molar-refractivity contribution is 0.102. The number of anilines is 1. The number of aromatic nitrogens is 2. The molecule has 0 radical (unpaired) electrons. The second-order valence-electron chi connectivity index (χ2n) is 4.93. The lowest BCUT2D eigenvalue weighted by Crippen LogP contribution is -2.13. The Balaban J connectivity index is 1.80. The normalized spacial score (nSPS) is 11.2. The summed E-state index contributed by atoms with van der Waals surface area (Å²) >= 11 is 1.46. The Morgan fingerprint density at radius 1 is 1.30 bits per heavy atom. The molecule has 1 amide bonds. The molecule has 0 aliphatic heterocycles. The predicted octanol–water partition coefficient (Wildman–Crippen LogP) is 3.77. The molecule has 20 heavy (non-hydrogen) atoms. The number of nitrogens with zero attached hydrogens (tertiary/aromatic N) is 2. The van der Waals surface area contributed by atoms with Gasteiger partial charge in [-0.25, -0.2) is 4.98 Å². The number of hydrogen-bond acceptors (Lipinski definition) is 3. The molecule has 3 aromatic rings. The number of carbonyl (C=O) groups is 1. The van der Waals surface area contributed by atoms with E-state index in [4.69, 9.17) is 0 Å². The number of benzene rings is 1. The lowest BCUT2D eigenvalue weighted by atomic mass is 10.0. The van der Waals surface area contributed by atoms with Crippen molar-refractivity contribution >= 4 is 27.9 Å². The first kappa shape index (κ1) is 12.9. The Morgan fingerprint density at radius 2 is 2.05 bits per heavy atom. The smallest absolute Gasteiger partial charge is 0.273 e. The molecular formula is C15H15N3OS. The van der Waals surface area contributed by atoms with Crippen molar-refractivity contribution in [2.24, 2.45) is 0 Å². The summed E-state index contributed by atoms with van der Waals surface area (Å²) in [5.74, 6) is 0.369. The summed E-state index contributed by atoms with van der Waals surface area (Å²) in [6, 6.07) is 7.96. The minimum absolute atomic E-state index is 0.119. The second kappa shape index (κ2) is 5.09. The molecule has 4 nitrogen and oxygen atoms in total. The van der Waals surface area contributed by atoms with Gasteiger partial charge in [-0.05, 0) is 23.6 Å². The Morgan fingerprint density at radius 3 is 2.75 bits per heavy atom. The zero-order chi connectivity index (χ0) is 14.1. The van der Waals surface area contributed by atoms with Gasteiger partial charge in [0.2, 0.25) is 0 Å². The summed E-state index contributed by atoms with van der Waals surface area (Å²) < 4.78 is 1.79. The van der Waals surface area contributed by atoms with E-state index < -0.39 is 0 Å². The van der Waals surface area contributed by atoms with E-state index in [0.29, 0.717) is 11.6 Å². The molecule has 0 unspecified atom stereocenters. The third-order valence-corrected chi connectivity index (χ3v) is 4.06. The molecule has 1 N–H and O–H groups in total. The van der Waals surface area contributed by atoms with E-state index in [2.05, 4.69) is 24.1 Å². The number of imidazole rings is 1. The van der Waals surface area contributed by atoms with Crippen LogP contribution in [0.15, 0.2) is 42.0 Å². The van der Waals surface area contributed by atoms with Crippen molar-refractivity contribution < 1.29 is 4.79 Å². The van der Waals surface area contributed by atoms with Gasteiger partial charge < -0.3 is 5.32 Å². The lowest BCUT2D eigenvalue weighted by Gasteiger charge is -2.08. The third kappa shape index (κ3) is 2.32. The van der Waals surface area contributed by atoms with Crippen molar-refractivity contribution in [3.05, 3.63) is 53.3 Å². The van der Waals surface area contributed by atoms with Gasteiger partial charge in [-0.3, -0.25) is 9.20 Å². The van der Waals surface area contributed by atoms with Crippen LogP contribution in [0.4, 0.5) is 5.69 Å². The number of fused-ring (bicyclic) bond motifs is 1. The number of thiazole rings is 1. The highest BCUT2D eigenvalue weighted by atomic mass is 32.1. The van der Waals surface area contributed by atoms with Crippen molar-refractivity contribution in [2.45, 2.75) is 19.8 Å². The average Bonchev–Trinajstić information content (AvgIpc) is 3.01. The molecule has 0 saturated carbocycles. The molecule has 0 saturated heterocycles. The highest BCUT2D eigenvalue weighted by molar-refractivity contribution is 7.15. The molecule has 0 aliphatic rings. The van der Waals surface area contributed by atoms with Gasteiger partial charge in [-0.15, -0.1) is 11.3 Å². The van der Waals surface area contributed by atoms with E-state index in [1.54, 1.807) is 16.8 Å². The highest BCUT2D eigenvalue weighted by Crippen LogP contribution is 2.19. The van der Waals surface area contributed by atoms with Gasteiger partial charge in [-0.1, -0.05) is 26.0 Å². The largest absolute Gasteiger partial charge is 0.321 e. The molecule has 0 bridgehead atoms. The minimum Gasteiger partial charge on any atom is -0.321 e. The van der Waals surface area contributed by atoms with Crippen LogP contribution in [0.25, 0.3) is 4.96 Å². The molecule has 2 heterocycles. The van der Waals surface area contributed by atoms with Crippen LogP contribution >= 0.6 is 11.3 Å². The standard InChI is InChI=1S/C15H15N3OS/c1-10(2)11-3-5-12(6-4-11)17-14(19)13-9-20-15-16-7-8-18(13)15/h3-10H,1-2H3,(H,17,19). The van der Waals surface area contributed by atoms with Gasteiger partial charge in [0, 0.05) is 23.5 Å². The number of amides is 1. The van der Waals surface area contributed by atoms with Gasteiger partial charge in [-0.2, -0.15) is 0 Å². The molecule has 5 heteroatoms. The summed E-state index contributed by atoms with van der Waals surface area (Å²) in [5.41, 5.74) is 2.67. The number of carbonyl (C=O) groups excluding carboxylic acids is 1. The maximum atomic E-state index is 12.3. The Labute approximate surface area is 121 Å². The van der Waals surface area contributed by atoms with Gasteiger partial charge in [0.15, 0.2) is 4.96 Å². The third-order valence-electron chi connectivity index (χ3n) is 3.21. The number of hydrogen-bond donors (Lipinski definition) is 1. The molecule has 1 aromatic carbocycles. The van der Waals surface area contributed by atoms with Crippen molar-refractivity contribution in [3.63, 3.8) is 0 Å². The van der Waals surface area contributed by atoms with E-state index in [0.717, 1.165) is 10.6 Å². The fourth-order valence-electron chi connectivity index (χ4n) is 2.03. The van der Waals surface area contributed by atoms with Gasteiger partial charge in [0.1, 0.15) is 5.69 Å². The first-order chi connectivity index (χ1) is 9.65. The molecule has 0 spiro atoms. The summed E-state index contributed by atoms with van der Waals surface area (Å²) in [7, 11) is 0. The minimum atomic E-state index is -0.119. The van der Waals surface area contributed by atoms with E-state index >= 15 is 0 Å². The van der Waals surface area contributed by atoms with Crippen LogP contribution in [0.3, 0.4) is 0 Å². The monoisotopic (exact) mass is 285 g/mol. The van der Waals surface area contributed by atoms with Gasteiger partial charge in [0.25, 0.3) is 5.91 Å². The summed E-state index contributed by atoms with van der Waals surface area (Å²) in [6.07, 6.45) is 3.49. The van der Waals surface area contributed by atoms with Crippen LogP contribution in [0.5, 0.6) is 0 Å². The molecular weight excluding hydrogens is 270 g/mol. The van der Waals surface area contributed by atoms with Crippen LogP contribution in [0.2, 0.25) is 0 Å². The summed E-state index contributed by atoms with van der Waals surface area (Å²) in [6.45, 7) is 4.30. The molecule has 102 valence electrons. The SMILES string of the molecule is CC(C)c1ccc(NC(=O)c2csc3nccn23)cc1. The predicted molar refractivity (Wildman–Crippen MR) is 81.6 cm³/mol. The van der Waals surface area contributed by atoms with Crippen LogP contribution in [-0.4, -0.2) is 15.3 Å². The first-order valence-corrected chi connectivity index (χ1v) is 7.35. The van der Waals surface area contributed by atoms with Crippen molar-refractivity contribution in [2.75, 3.05) is 5.32 Å². The Kier molecular flexibility index (Phi) is 3.28. The molecule has 3 rings (SSSR count). The van der Waals surface area contributed by atoms with Crippen LogP contribution in [0, 0.1) is 0 Å². The van der Waals surface area contributed by atoms with E-state index in [1.165, 1.54) is 16.9 Å². The molecule has 0 fully saturated rings. The maximum Gasteiger partial charge on any atom is 0.273 e. The Bertz CT molecular complexity index is 740. The van der Waals surface area contributed by atoms with Gasteiger partial charge >= 0.3 is 0 Å². The van der Waals surface area contributed by atoms with Crippen LogP contribution < -0.4 is 5.32 Å². The number of nitrogens with one attached hydrogen (secondary N) is 1. The van der Waals surface area contributed by atoms with Crippen molar-refractivity contribution in [1.82, 2.24) is 9.38 Å². The van der Waals surface area contributed by atoms with E-state index in [1.807, 2.05) is 29.6 Å². The fourth-order valence-corrected chi connectivity index (χ4v) is 2.87. The molecule has 0 atom stereocenters. The number of rotatable bonds is 3. The highest BCUT2D eigenvalue weighted by Gasteiger charge is 2.12. The molecule has 0 aliphatic carbocycles. The Hall–Kier alpha value is -2.14. The fraction of sp³-hybridized carbons (Fsp3) is 0.200.